The highest BCUT2D eigenvalue weighted by Gasteiger charge is 2.02. The predicted octanol–water partition coefficient (Wildman–Crippen LogP) is 2.61. The molecule has 0 radical (unpaired) electrons. The van der Waals surface area contributed by atoms with Crippen molar-refractivity contribution in [1.29, 1.82) is 0 Å². The number of ether oxygens (including phenoxy) is 1. The van der Waals surface area contributed by atoms with Crippen molar-refractivity contribution >= 4 is 10.9 Å². The maximum atomic E-state index is 5.16. The molecule has 3 nitrogen and oxygen atoms in total. The van der Waals surface area contributed by atoms with Gasteiger partial charge in [-0.2, -0.15) is 5.10 Å². The maximum Gasteiger partial charge on any atom is 0.146 e. The number of hydrogen-bond acceptors (Lipinski definition) is 2. The molecular formula is C11H16N2O. The van der Waals surface area contributed by atoms with Crippen molar-refractivity contribution in [3.63, 3.8) is 0 Å². The predicted molar refractivity (Wildman–Crippen MR) is 58.6 cm³/mol. The quantitative estimate of drug-likeness (QED) is 0.694. The van der Waals surface area contributed by atoms with Gasteiger partial charge in [0.2, 0.25) is 0 Å². The van der Waals surface area contributed by atoms with Gasteiger partial charge in [-0.3, -0.25) is 4.68 Å². The van der Waals surface area contributed by atoms with Gasteiger partial charge in [0.05, 0.1) is 7.11 Å². The number of fused-ring (bicyclic) bond motifs is 1. The molecule has 0 saturated carbocycles. The fraction of sp³-hybridized carbons (Fsp3) is 0.364. The Morgan fingerprint density at radius 2 is 2.00 bits per heavy atom. The van der Waals surface area contributed by atoms with Gasteiger partial charge in [0.15, 0.2) is 0 Å². The zero-order chi connectivity index (χ0) is 10.6. The van der Waals surface area contributed by atoms with Gasteiger partial charge < -0.3 is 4.74 Å². The number of aromatic nitrogens is 2. The lowest BCUT2D eigenvalue weighted by Gasteiger charge is -1.97. The van der Waals surface area contributed by atoms with E-state index in [0.717, 1.165) is 16.7 Å². The molecule has 3 heteroatoms. The van der Waals surface area contributed by atoms with E-state index in [0.29, 0.717) is 0 Å². The maximum absolute atomic E-state index is 5.16. The first-order valence-electron chi connectivity index (χ1n) is 4.77. The van der Waals surface area contributed by atoms with E-state index in [2.05, 4.69) is 5.10 Å². The molecular weight excluding hydrogens is 176 g/mol. The Balaban J connectivity index is 0.000000461. The van der Waals surface area contributed by atoms with E-state index in [1.165, 1.54) is 0 Å². The summed E-state index contributed by atoms with van der Waals surface area (Å²) in [6.07, 6.45) is 1.97. The van der Waals surface area contributed by atoms with E-state index in [1.807, 2.05) is 45.3 Å². The zero-order valence-electron chi connectivity index (χ0n) is 9.11. The summed E-state index contributed by atoms with van der Waals surface area (Å²) in [5.74, 6) is 0.827. The summed E-state index contributed by atoms with van der Waals surface area (Å²) < 4.78 is 6.95. The fourth-order valence-electron chi connectivity index (χ4n) is 1.30. The SMILES string of the molecule is CC.COc1cccc2cn(C)nc12. The van der Waals surface area contributed by atoms with E-state index in [1.54, 1.807) is 11.8 Å². The molecule has 0 fully saturated rings. The van der Waals surface area contributed by atoms with Gasteiger partial charge in [0.25, 0.3) is 0 Å². The van der Waals surface area contributed by atoms with Crippen LogP contribution in [0.2, 0.25) is 0 Å². The summed E-state index contributed by atoms with van der Waals surface area (Å²) in [5.41, 5.74) is 0.919. The minimum atomic E-state index is 0.827. The van der Waals surface area contributed by atoms with Crippen LogP contribution in [0.5, 0.6) is 5.75 Å². The van der Waals surface area contributed by atoms with Crippen LogP contribution in [0.15, 0.2) is 24.4 Å². The molecule has 0 bridgehead atoms. The smallest absolute Gasteiger partial charge is 0.146 e. The molecule has 0 aliphatic carbocycles. The number of benzene rings is 1. The van der Waals surface area contributed by atoms with Gasteiger partial charge >= 0.3 is 0 Å². The third-order valence-corrected chi connectivity index (χ3v) is 1.83. The Labute approximate surface area is 84.3 Å². The largest absolute Gasteiger partial charge is 0.494 e. The highest BCUT2D eigenvalue weighted by atomic mass is 16.5. The molecule has 1 heterocycles. The van der Waals surface area contributed by atoms with Gasteiger partial charge in [0.1, 0.15) is 11.3 Å². The fourth-order valence-corrected chi connectivity index (χ4v) is 1.30. The van der Waals surface area contributed by atoms with Crippen LogP contribution in [0.3, 0.4) is 0 Å². The molecule has 0 aliphatic heterocycles. The first kappa shape index (κ1) is 10.6. The summed E-state index contributed by atoms with van der Waals surface area (Å²) in [7, 11) is 3.56. The van der Waals surface area contributed by atoms with Crippen molar-refractivity contribution in [3.8, 4) is 5.75 Å². The lowest BCUT2D eigenvalue weighted by Crippen LogP contribution is -1.87. The molecule has 0 N–H and O–H groups in total. The lowest BCUT2D eigenvalue weighted by atomic mass is 10.2. The average molecular weight is 192 g/mol. The molecule has 76 valence electrons. The molecule has 0 saturated heterocycles. The topological polar surface area (TPSA) is 27.1 Å². The Hall–Kier alpha value is -1.51. The van der Waals surface area contributed by atoms with Gasteiger partial charge in [-0.1, -0.05) is 26.0 Å². The number of hydrogen-bond donors (Lipinski definition) is 0. The Morgan fingerprint density at radius 1 is 1.29 bits per heavy atom. The second-order valence-corrected chi connectivity index (χ2v) is 2.70. The van der Waals surface area contributed by atoms with Crippen LogP contribution >= 0.6 is 0 Å². The summed E-state index contributed by atoms with van der Waals surface area (Å²) in [4.78, 5) is 0. The van der Waals surface area contributed by atoms with Crippen molar-refractivity contribution in [2.45, 2.75) is 13.8 Å². The summed E-state index contributed by atoms with van der Waals surface area (Å²) in [6.45, 7) is 4.00. The molecule has 2 rings (SSSR count). The van der Waals surface area contributed by atoms with Crippen LogP contribution in [0.4, 0.5) is 0 Å². The van der Waals surface area contributed by atoms with Crippen molar-refractivity contribution < 1.29 is 4.74 Å². The number of nitrogens with zero attached hydrogens (tertiary/aromatic N) is 2. The third kappa shape index (κ3) is 1.87. The highest BCUT2D eigenvalue weighted by molar-refractivity contribution is 5.83. The van der Waals surface area contributed by atoms with Gasteiger partial charge in [-0.15, -0.1) is 0 Å². The van der Waals surface area contributed by atoms with Gasteiger partial charge in [0, 0.05) is 18.6 Å². The molecule has 0 aliphatic rings. The third-order valence-electron chi connectivity index (χ3n) is 1.83. The number of aryl methyl sites for hydroxylation is 1. The number of rotatable bonds is 1. The van der Waals surface area contributed by atoms with Crippen molar-refractivity contribution in [3.05, 3.63) is 24.4 Å². The van der Waals surface area contributed by atoms with E-state index in [-0.39, 0.29) is 0 Å². The van der Waals surface area contributed by atoms with E-state index in [4.69, 9.17) is 4.74 Å². The molecule has 1 aromatic heterocycles. The van der Waals surface area contributed by atoms with E-state index in [9.17, 15) is 0 Å². The van der Waals surface area contributed by atoms with E-state index < -0.39 is 0 Å². The second-order valence-electron chi connectivity index (χ2n) is 2.70. The van der Waals surface area contributed by atoms with Crippen LogP contribution in [-0.4, -0.2) is 16.9 Å². The number of methoxy groups -OCH3 is 1. The highest BCUT2D eigenvalue weighted by Crippen LogP contribution is 2.22. The molecule has 0 unspecified atom stereocenters. The molecule has 0 amide bonds. The summed E-state index contributed by atoms with van der Waals surface area (Å²) in [5, 5.41) is 5.38. The van der Waals surface area contributed by atoms with Crippen LogP contribution in [0.25, 0.3) is 10.9 Å². The summed E-state index contributed by atoms with van der Waals surface area (Å²) >= 11 is 0. The average Bonchev–Trinajstić information content (AvgIpc) is 2.60. The second kappa shape index (κ2) is 4.65. The van der Waals surface area contributed by atoms with E-state index >= 15 is 0 Å². The minimum Gasteiger partial charge on any atom is -0.494 e. The Morgan fingerprint density at radius 3 is 2.64 bits per heavy atom. The first-order valence-corrected chi connectivity index (χ1v) is 4.77. The van der Waals surface area contributed by atoms with Crippen molar-refractivity contribution in [2.24, 2.45) is 7.05 Å². The Kier molecular flexibility index (Phi) is 3.51. The minimum absolute atomic E-state index is 0.827. The molecule has 1 aromatic carbocycles. The summed E-state index contributed by atoms with van der Waals surface area (Å²) in [6, 6.07) is 5.89. The zero-order valence-corrected chi connectivity index (χ0v) is 9.11. The van der Waals surface area contributed by atoms with Gasteiger partial charge in [-0.25, -0.2) is 0 Å². The Bertz CT molecular complexity index is 407. The standard InChI is InChI=1S/C9H10N2O.C2H6/c1-11-6-7-4-3-5-8(12-2)9(7)10-11;1-2/h3-6H,1-2H3;1-2H3. The van der Waals surface area contributed by atoms with Crippen LogP contribution in [-0.2, 0) is 7.05 Å². The molecule has 2 aromatic rings. The first-order chi connectivity index (χ1) is 6.81. The molecule has 0 atom stereocenters. The van der Waals surface area contributed by atoms with Crippen molar-refractivity contribution in [1.82, 2.24) is 9.78 Å². The van der Waals surface area contributed by atoms with Crippen LogP contribution in [0.1, 0.15) is 13.8 Å². The lowest BCUT2D eigenvalue weighted by molar-refractivity contribution is 0.418. The van der Waals surface area contributed by atoms with Crippen molar-refractivity contribution in [2.75, 3.05) is 7.11 Å². The van der Waals surface area contributed by atoms with Crippen LogP contribution in [0, 0.1) is 0 Å². The monoisotopic (exact) mass is 192 g/mol. The normalized spacial score (nSPS) is 9.43. The van der Waals surface area contributed by atoms with Gasteiger partial charge in [-0.05, 0) is 6.07 Å². The van der Waals surface area contributed by atoms with Crippen LogP contribution < -0.4 is 4.74 Å². The molecule has 0 spiro atoms. The molecule has 14 heavy (non-hydrogen) atoms.